The zero-order valence-corrected chi connectivity index (χ0v) is 11.1. The lowest BCUT2D eigenvalue weighted by Crippen LogP contribution is -2.35. The fourth-order valence-electron chi connectivity index (χ4n) is 2.41. The summed E-state index contributed by atoms with van der Waals surface area (Å²) in [6.07, 6.45) is 4.73. The lowest BCUT2D eigenvalue weighted by Gasteiger charge is -2.23. The van der Waals surface area contributed by atoms with Gasteiger partial charge in [-0.3, -0.25) is 4.79 Å². The highest BCUT2D eigenvalue weighted by Gasteiger charge is 2.28. The van der Waals surface area contributed by atoms with E-state index in [-0.39, 0.29) is 12.5 Å². The number of aliphatic hydroxyl groups is 1. The minimum atomic E-state index is -0.174. The first-order chi connectivity index (χ1) is 9.26. The van der Waals surface area contributed by atoms with Crippen molar-refractivity contribution in [2.75, 3.05) is 13.2 Å². The van der Waals surface area contributed by atoms with Gasteiger partial charge in [0.1, 0.15) is 12.3 Å². The molecule has 0 aliphatic carbocycles. The number of nitrogens with zero attached hydrogens (tertiary/aromatic N) is 2. The van der Waals surface area contributed by atoms with E-state index in [0.29, 0.717) is 17.3 Å². The predicted molar refractivity (Wildman–Crippen MR) is 72.6 cm³/mol. The van der Waals surface area contributed by atoms with Gasteiger partial charge in [-0.2, -0.15) is 0 Å². The zero-order chi connectivity index (χ0) is 13.7. The minimum Gasteiger partial charge on any atom is -0.384 e. The van der Waals surface area contributed by atoms with E-state index in [4.69, 9.17) is 5.11 Å². The highest BCUT2D eigenvalue weighted by atomic mass is 16.2. The Morgan fingerprint density at radius 1 is 1.58 bits per heavy atom. The molecule has 1 atom stereocenters. The molecule has 1 fully saturated rings. The summed E-state index contributed by atoms with van der Waals surface area (Å²) in [5.41, 5.74) is 1.17. The Morgan fingerprint density at radius 3 is 3.05 bits per heavy atom. The van der Waals surface area contributed by atoms with E-state index < -0.39 is 0 Å². The number of pyridine rings is 1. The van der Waals surface area contributed by atoms with E-state index >= 15 is 0 Å². The highest BCUT2D eigenvalue weighted by Crippen LogP contribution is 2.21. The smallest absolute Gasteiger partial charge is 0.272 e. The van der Waals surface area contributed by atoms with Crippen LogP contribution in [0.3, 0.4) is 0 Å². The third-order valence-electron chi connectivity index (χ3n) is 3.40. The molecule has 2 rings (SSSR count). The predicted octanol–water partition coefficient (Wildman–Crippen LogP) is 1.44. The fraction of sp³-hybridized carbons (Fsp3) is 0.467. The molecule has 1 unspecified atom stereocenters. The second-order valence-electron chi connectivity index (χ2n) is 4.59. The highest BCUT2D eigenvalue weighted by molar-refractivity contribution is 5.92. The van der Waals surface area contributed by atoms with E-state index in [1.165, 1.54) is 0 Å². The molecule has 100 valence electrons. The van der Waals surface area contributed by atoms with Crippen molar-refractivity contribution in [2.45, 2.75) is 32.2 Å². The van der Waals surface area contributed by atoms with E-state index in [9.17, 15) is 4.79 Å². The first kappa shape index (κ1) is 13.6. The number of carbonyl (C=O) groups is 1. The van der Waals surface area contributed by atoms with Crippen molar-refractivity contribution in [1.29, 1.82) is 0 Å². The Bertz CT molecular complexity index is 499. The van der Waals surface area contributed by atoms with Crippen molar-refractivity contribution >= 4 is 5.91 Å². The van der Waals surface area contributed by atoms with Gasteiger partial charge >= 0.3 is 0 Å². The molecule has 0 spiro atoms. The average Bonchev–Trinajstić information content (AvgIpc) is 2.93. The normalized spacial score (nSPS) is 18.0. The number of rotatable bonds is 2. The molecule has 2 heterocycles. The molecule has 0 saturated carbocycles. The molecule has 1 amide bonds. The maximum Gasteiger partial charge on any atom is 0.272 e. The Hall–Kier alpha value is -1.86. The van der Waals surface area contributed by atoms with Crippen molar-refractivity contribution in [2.24, 2.45) is 0 Å². The quantitative estimate of drug-likeness (QED) is 0.817. The number of hydrogen-bond acceptors (Lipinski definition) is 3. The SMILES string of the molecule is CCC1CCCN1C(=O)c1ccc(C#CCO)cn1. The molecule has 1 aromatic rings. The second-order valence-corrected chi connectivity index (χ2v) is 4.59. The standard InChI is InChI=1S/C15H18N2O2/c1-2-13-6-3-9-17(13)15(19)14-8-7-12(11-16-14)5-4-10-18/h7-8,11,13,18H,2-3,6,9-10H2,1H3. The van der Waals surface area contributed by atoms with Gasteiger partial charge in [0.15, 0.2) is 0 Å². The molecule has 1 saturated heterocycles. The van der Waals surface area contributed by atoms with Gasteiger partial charge in [0.25, 0.3) is 5.91 Å². The van der Waals surface area contributed by atoms with Gasteiger partial charge in [0, 0.05) is 24.3 Å². The summed E-state index contributed by atoms with van der Waals surface area (Å²) in [6.45, 7) is 2.76. The summed E-state index contributed by atoms with van der Waals surface area (Å²) < 4.78 is 0. The zero-order valence-electron chi connectivity index (χ0n) is 11.1. The van der Waals surface area contributed by atoms with Crippen LogP contribution in [0.1, 0.15) is 42.2 Å². The van der Waals surface area contributed by atoms with Gasteiger partial charge in [0.2, 0.25) is 0 Å². The summed E-state index contributed by atoms with van der Waals surface area (Å²) in [5.74, 6) is 5.32. The topological polar surface area (TPSA) is 53.4 Å². The van der Waals surface area contributed by atoms with Crippen LogP contribution in [0.4, 0.5) is 0 Å². The van der Waals surface area contributed by atoms with Crippen LogP contribution < -0.4 is 0 Å². The van der Waals surface area contributed by atoms with Gasteiger partial charge in [-0.25, -0.2) is 4.98 Å². The molecule has 4 nitrogen and oxygen atoms in total. The van der Waals surface area contributed by atoms with E-state index in [1.807, 2.05) is 4.90 Å². The summed E-state index contributed by atoms with van der Waals surface area (Å²) in [4.78, 5) is 18.4. The van der Waals surface area contributed by atoms with Gasteiger partial charge in [-0.05, 0) is 31.4 Å². The number of likely N-dealkylation sites (tertiary alicyclic amines) is 1. The number of aliphatic hydroxyl groups excluding tert-OH is 1. The molecule has 0 radical (unpaired) electrons. The van der Waals surface area contributed by atoms with Gasteiger partial charge in [-0.1, -0.05) is 18.8 Å². The summed E-state index contributed by atoms with van der Waals surface area (Å²) in [7, 11) is 0. The van der Waals surface area contributed by atoms with E-state index in [2.05, 4.69) is 23.7 Å². The molecule has 19 heavy (non-hydrogen) atoms. The van der Waals surface area contributed by atoms with Crippen LogP contribution >= 0.6 is 0 Å². The van der Waals surface area contributed by atoms with Crippen molar-refractivity contribution in [3.8, 4) is 11.8 Å². The molecule has 1 aliphatic rings. The van der Waals surface area contributed by atoms with Crippen molar-refractivity contribution in [3.63, 3.8) is 0 Å². The second kappa shape index (κ2) is 6.35. The number of hydrogen-bond donors (Lipinski definition) is 1. The van der Waals surface area contributed by atoms with E-state index in [1.54, 1.807) is 18.3 Å². The number of carbonyl (C=O) groups excluding carboxylic acids is 1. The van der Waals surface area contributed by atoms with Crippen LogP contribution in [0.2, 0.25) is 0 Å². The van der Waals surface area contributed by atoms with Gasteiger partial charge < -0.3 is 10.0 Å². The van der Waals surface area contributed by atoms with Crippen molar-refractivity contribution in [1.82, 2.24) is 9.88 Å². The molecule has 1 aromatic heterocycles. The minimum absolute atomic E-state index is 0.00557. The Balaban J connectivity index is 2.11. The number of amides is 1. The Labute approximate surface area is 113 Å². The lowest BCUT2D eigenvalue weighted by molar-refractivity contribution is 0.0727. The molecule has 1 aliphatic heterocycles. The molecule has 0 aromatic carbocycles. The third kappa shape index (κ3) is 3.12. The maximum atomic E-state index is 12.3. The van der Waals surface area contributed by atoms with Crippen LogP contribution in [0.15, 0.2) is 18.3 Å². The lowest BCUT2D eigenvalue weighted by atomic mass is 10.1. The Morgan fingerprint density at radius 2 is 2.42 bits per heavy atom. The third-order valence-corrected chi connectivity index (χ3v) is 3.40. The monoisotopic (exact) mass is 258 g/mol. The van der Waals surface area contributed by atoms with Crippen LogP contribution in [0, 0.1) is 11.8 Å². The molecule has 0 bridgehead atoms. The van der Waals surface area contributed by atoms with Gasteiger partial charge in [-0.15, -0.1) is 0 Å². The summed E-state index contributed by atoms with van der Waals surface area (Å²) in [6, 6.07) is 3.82. The fourth-order valence-corrected chi connectivity index (χ4v) is 2.41. The van der Waals surface area contributed by atoms with Crippen LogP contribution in [0.25, 0.3) is 0 Å². The van der Waals surface area contributed by atoms with Crippen molar-refractivity contribution in [3.05, 3.63) is 29.6 Å². The largest absolute Gasteiger partial charge is 0.384 e. The first-order valence-corrected chi connectivity index (χ1v) is 6.63. The number of aromatic nitrogens is 1. The first-order valence-electron chi connectivity index (χ1n) is 6.63. The van der Waals surface area contributed by atoms with E-state index in [0.717, 1.165) is 25.8 Å². The molecule has 1 N–H and O–H groups in total. The van der Waals surface area contributed by atoms with Crippen LogP contribution in [0.5, 0.6) is 0 Å². The van der Waals surface area contributed by atoms with Gasteiger partial charge in [0.05, 0.1) is 0 Å². The molecule has 4 heteroatoms. The van der Waals surface area contributed by atoms with Crippen LogP contribution in [-0.2, 0) is 0 Å². The Kier molecular flexibility index (Phi) is 4.53. The molecular weight excluding hydrogens is 240 g/mol. The molecular formula is C15H18N2O2. The summed E-state index contributed by atoms with van der Waals surface area (Å²) in [5, 5.41) is 8.62. The average molecular weight is 258 g/mol. The maximum absolute atomic E-state index is 12.3. The summed E-state index contributed by atoms with van der Waals surface area (Å²) >= 11 is 0. The van der Waals surface area contributed by atoms with Crippen LogP contribution in [-0.4, -0.2) is 40.1 Å². The van der Waals surface area contributed by atoms with Crippen molar-refractivity contribution < 1.29 is 9.90 Å².